The van der Waals surface area contributed by atoms with Gasteiger partial charge >= 0.3 is 6.18 Å². The van der Waals surface area contributed by atoms with Crippen LogP contribution in [0.3, 0.4) is 0 Å². The van der Waals surface area contributed by atoms with Crippen molar-refractivity contribution in [3.05, 3.63) is 65.6 Å². The molecule has 0 saturated heterocycles. The van der Waals surface area contributed by atoms with Crippen LogP contribution < -0.4 is 10.1 Å². The number of hydrogen-bond donors (Lipinski definition) is 1. The zero-order valence-electron chi connectivity index (χ0n) is 17.8. The van der Waals surface area contributed by atoms with Gasteiger partial charge < -0.3 is 10.1 Å². The average Bonchev–Trinajstić information content (AvgIpc) is 2.63. The Morgan fingerprint density at radius 3 is 2.36 bits per heavy atom. The van der Waals surface area contributed by atoms with Crippen LogP contribution in [0.15, 0.2) is 54.5 Å². The minimum Gasteiger partial charge on any atom is -0.486 e. The van der Waals surface area contributed by atoms with E-state index in [4.69, 9.17) is 13.0 Å². The van der Waals surface area contributed by atoms with Gasteiger partial charge in [-0.1, -0.05) is 30.2 Å². The molecule has 2 rings (SSSR count). The first-order valence-corrected chi connectivity index (χ1v) is 6.50. The van der Waals surface area contributed by atoms with Crippen molar-refractivity contribution in [2.45, 2.75) is 18.7 Å². The third-order valence-corrected chi connectivity index (χ3v) is 2.80. The lowest BCUT2D eigenvalue weighted by Gasteiger charge is -2.20. The second kappa shape index (κ2) is 7.31. The predicted molar refractivity (Wildman–Crippen MR) is 79.8 cm³/mol. The fourth-order valence-electron chi connectivity index (χ4n) is 1.71. The number of halogens is 3. The van der Waals surface area contributed by atoms with Crippen molar-refractivity contribution in [3.63, 3.8) is 0 Å². The van der Waals surface area contributed by atoms with Crippen LogP contribution in [0.1, 0.15) is 31.9 Å². The fourth-order valence-corrected chi connectivity index (χ4v) is 1.71. The van der Waals surface area contributed by atoms with Crippen molar-refractivity contribution in [3.8, 4) is 5.75 Å². The van der Waals surface area contributed by atoms with Gasteiger partial charge in [-0.05, 0) is 43.4 Å². The van der Waals surface area contributed by atoms with Crippen molar-refractivity contribution in [2.75, 3.05) is 13.6 Å². The highest BCUT2D eigenvalue weighted by Gasteiger charge is 2.30. The van der Waals surface area contributed by atoms with Gasteiger partial charge in [0.2, 0.25) is 0 Å². The summed E-state index contributed by atoms with van der Waals surface area (Å²) in [5.74, 6) is -0.0917. The summed E-state index contributed by atoms with van der Waals surface area (Å²) in [5.41, 5.74) is -1.28. The van der Waals surface area contributed by atoms with Gasteiger partial charge in [-0.2, -0.15) is 13.2 Å². The van der Waals surface area contributed by atoms with Gasteiger partial charge in [0, 0.05) is 6.42 Å². The topological polar surface area (TPSA) is 21.3 Å². The predicted octanol–water partition coefficient (Wildman–Crippen LogP) is 4.44. The molecule has 0 radical (unpaired) electrons. The van der Waals surface area contributed by atoms with E-state index >= 15 is 0 Å². The van der Waals surface area contributed by atoms with E-state index < -0.39 is 48.0 Å². The SMILES string of the molecule is [2H]c1c([2H])c([2H])c(C([2H])(CCNC)Oc2ccc(C(F)(F)F)cc2)c([2H])c1[2H]. The van der Waals surface area contributed by atoms with E-state index in [-0.39, 0.29) is 24.3 Å². The molecule has 0 spiro atoms. The zero-order chi connectivity index (χ0) is 21.3. The lowest BCUT2D eigenvalue weighted by molar-refractivity contribution is -0.137. The molecule has 0 aromatic heterocycles. The highest BCUT2D eigenvalue weighted by molar-refractivity contribution is 5.30. The van der Waals surface area contributed by atoms with E-state index in [1.165, 1.54) is 0 Å². The Morgan fingerprint density at radius 1 is 1.18 bits per heavy atom. The number of ether oxygens (including phenoxy) is 1. The number of alkyl halides is 3. The van der Waals surface area contributed by atoms with Gasteiger partial charge in [-0.3, -0.25) is 0 Å². The van der Waals surface area contributed by atoms with E-state index in [9.17, 15) is 13.2 Å². The van der Waals surface area contributed by atoms with Gasteiger partial charge in [-0.15, -0.1) is 0 Å². The van der Waals surface area contributed by atoms with Crippen LogP contribution in [-0.4, -0.2) is 13.6 Å². The normalized spacial score (nSPS) is 18.2. The maximum absolute atomic E-state index is 12.7. The van der Waals surface area contributed by atoms with Gasteiger partial charge in [0.15, 0.2) is 0 Å². The molecule has 2 aromatic rings. The first-order chi connectivity index (χ1) is 12.9. The smallest absolute Gasteiger partial charge is 0.416 e. The Kier molecular flexibility index (Phi) is 3.29. The van der Waals surface area contributed by atoms with Crippen LogP contribution in [0.2, 0.25) is 0 Å². The van der Waals surface area contributed by atoms with Gasteiger partial charge in [0.25, 0.3) is 0 Å². The van der Waals surface area contributed by atoms with Crippen molar-refractivity contribution < 1.29 is 26.1 Å². The van der Waals surface area contributed by atoms with E-state index in [1.54, 1.807) is 7.05 Å². The molecule has 0 aliphatic carbocycles. The Bertz CT molecular complexity index is 830. The van der Waals surface area contributed by atoms with E-state index in [2.05, 4.69) is 5.32 Å². The zero-order valence-corrected chi connectivity index (χ0v) is 11.8. The standard InChI is InChI=1S/C17H18F3NO/c1-21-12-11-16(13-5-3-2-4-6-13)22-15-9-7-14(8-10-15)17(18,19)20/h2-10,16,21H,11-12H2,1H3/i2D,3D,4D,5D,6D,16D. The molecule has 0 aliphatic heterocycles. The summed E-state index contributed by atoms with van der Waals surface area (Å²) in [6.07, 6.45) is -6.76. The summed E-state index contributed by atoms with van der Waals surface area (Å²) >= 11 is 0. The summed E-state index contributed by atoms with van der Waals surface area (Å²) in [6, 6.07) is 0.603. The van der Waals surface area contributed by atoms with Crippen LogP contribution in [0.25, 0.3) is 0 Å². The summed E-state index contributed by atoms with van der Waals surface area (Å²) in [6.45, 7) is 0.201. The molecule has 118 valence electrons. The third-order valence-electron chi connectivity index (χ3n) is 2.80. The fraction of sp³-hybridized carbons (Fsp3) is 0.294. The summed E-state index contributed by atoms with van der Waals surface area (Å²) in [5, 5.41) is 2.79. The summed E-state index contributed by atoms with van der Waals surface area (Å²) in [4.78, 5) is 0. The van der Waals surface area contributed by atoms with Gasteiger partial charge in [-0.25, -0.2) is 0 Å². The number of rotatable bonds is 6. The largest absolute Gasteiger partial charge is 0.486 e. The van der Waals surface area contributed by atoms with Crippen molar-refractivity contribution in [1.29, 1.82) is 0 Å². The molecule has 0 amide bonds. The molecule has 5 heteroatoms. The molecule has 0 aliphatic rings. The van der Waals surface area contributed by atoms with Crippen LogP contribution in [0.4, 0.5) is 13.2 Å². The van der Waals surface area contributed by atoms with Crippen LogP contribution in [0.5, 0.6) is 5.75 Å². The lowest BCUT2D eigenvalue weighted by atomic mass is 10.1. The molecule has 0 fully saturated rings. The minimum absolute atomic E-state index is 0.0917. The molecule has 1 N–H and O–H groups in total. The Hall–Kier alpha value is -2.01. The third kappa shape index (κ3) is 4.49. The Balaban J connectivity index is 2.54. The minimum atomic E-state index is -4.53. The maximum atomic E-state index is 12.7. The molecular weight excluding hydrogens is 291 g/mol. The lowest BCUT2D eigenvalue weighted by Crippen LogP contribution is -2.16. The van der Waals surface area contributed by atoms with Crippen molar-refractivity contribution in [2.24, 2.45) is 0 Å². The maximum Gasteiger partial charge on any atom is 0.416 e. The molecule has 22 heavy (non-hydrogen) atoms. The monoisotopic (exact) mass is 315 g/mol. The highest BCUT2D eigenvalue weighted by Crippen LogP contribution is 2.31. The van der Waals surface area contributed by atoms with E-state index in [0.717, 1.165) is 24.3 Å². The van der Waals surface area contributed by atoms with Crippen LogP contribution >= 0.6 is 0 Å². The molecule has 0 saturated carbocycles. The van der Waals surface area contributed by atoms with E-state index in [1.807, 2.05) is 0 Å². The van der Waals surface area contributed by atoms with Crippen molar-refractivity contribution >= 4 is 0 Å². The molecule has 1 unspecified atom stereocenters. The first-order valence-electron chi connectivity index (χ1n) is 9.50. The molecule has 2 nitrogen and oxygen atoms in total. The number of benzene rings is 2. The Labute approximate surface area is 136 Å². The Morgan fingerprint density at radius 2 is 1.82 bits per heavy atom. The second-order valence-corrected chi connectivity index (χ2v) is 4.40. The average molecular weight is 315 g/mol. The summed E-state index contributed by atoms with van der Waals surface area (Å²) < 4.78 is 91.8. The molecular formula is C17H18F3NO. The molecule has 2 aromatic carbocycles. The van der Waals surface area contributed by atoms with Gasteiger partial charge in [0.05, 0.1) is 13.8 Å². The van der Waals surface area contributed by atoms with Crippen LogP contribution in [0, 0.1) is 0 Å². The van der Waals surface area contributed by atoms with Crippen LogP contribution in [-0.2, 0) is 6.18 Å². The summed E-state index contributed by atoms with van der Waals surface area (Å²) in [7, 11) is 1.60. The molecule has 1 atom stereocenters. The molecule has 0 heterocycles. The molecule has 0 bridgehead atoms. The van der Waals surface area contributed by atoms with Crippen molar-refractivity contribution in [1.82, 2.24) is 5.32 Å². The number of nitrogens with one attached hydrogen (secondary N) is 1. The second-order valence-electron chi connectivity index (χ2n) is 4.40. The quantitative estimate of drug-likeness (QED) is 0.851. The first kappa shape index (κ1) is 9.90. The number of hydrogen-bond acceptors (Lipinski definition) is 2. The van der Waals surface area contributed by atoms with E-state index in [0.29, 0.717) is 0 Å². The van der Waals surface area contributed by atoms with Gasteiger partial charge in [0.1, 0.15) is 11.8 Å². The highest BCUT2D eigenvalue weighted by atomic mass is 19.4.